The number of piperidine rings is 1. The van der Waals surface area contributed by atoms with Crippen molar-refractivity contribution < 1.29 is 19.0 Å². The highest BCUT2D eigenvalue weighted by Gasteiger charge is 2.20. The molecule has 5 nitrogen and oxygen atoms in total. The van der Waals surface area contributed by atoms with E-state index in [4.69, 9.17) is 14.2 Å². The number of methoxy groups -OCH3 is 2. The molecule has 0 spiro atoms. The van der Waals surface area contributed by atoms with Crippen molar-refractivity contribution in [2.45, 2.75) is 25.3 Å². The van der Waals surface area contributed by atoms with Crippen molar-refractivity contribution in [3.63, 3.8) is 0 Å². The van der Waals surface area contributed by atoms with Gasteiger partial charge in [-0.25, -0.2) is 4.79 Å². The van der Waals surface area contributed by atoms with Gasteiger partial charge in [0.1, 0.15) is 6.61 Å². The zero-order valence-electron chi connectivity index (χ0n) is 12.9. The van der Waals surface area contributed by atoms with Gasteiger partial charge in [-0.2, -0.15) is 0 Å². The highest BCUT2D eigenvalue weighted by atomic mass is 16.5. The van der Waals surface area contributed by atoms with E-state index >= 15 is 0 Å². The summed E-state index contributed by atoms with van der Waals surface area (Å²) in [6.45, 7) is 1.70. The van der Waals surface area contributed by atoms with Crippen molar-refractivity contribution in [3.8, 4) is 11.5 Å². The Morgan fingerprint density at radius 1 is 1.29 bits per heavy atom. The van der Waals surface area contributed by atoms with Crippen molar-refractivity contribution in [3.05, 3.63) is 23.8 Å². The van der Waals surface area contributed by atoms with Crippen LogP contribution in [0.4, 0.5) is 0 Å². The van der Waals surface area contributed by atoms with Gasteiger partial charge in [-0.3, -0.25) is 0 Å². The van der Waals surface area contributed by atoms with Crippen LogP contribution in [0.2, 0.25) is 0 Å². The summed E-state index contributed by atoms with van der Waals surface area (Å²) >= 11 is 0. The van der Waals surface area contributed by atoms with E-state index in [1.54, 1.807) is 25.3 Å². The lowest BCUT2D eigenvalue weighted by atomic mass is 10.0. The van der Waals surface area contributed by atoms with Crippen LogP contribution in [-0.4, -0.2) is 51.3 Å². The first-order chi connectivity index (χ1) is 10.2. The average molecular weight is 293 g/mol. The summed E-state index contributed by atoms with van der Waals surface area (Å²) < 4.78 is 15.9. The van der Waals surface area contributed by atoms with Gasteiger partial charge in [-0.05, 0) is 44.6 Å². The van der Waals surface area contributed by atoms with E-state index in [-0.39, 0.29) is 5.97 Å². The Hall–Kier alpha value is -1.75. The van der Waals surface area contributed by atoms with Gasteiger partial charge < -0.3 is 19.1 Å². The highest BCUT2D eigenvalue weighted by molar-refractivity contribution is 5.90. The third-order valence-electron chi connectivity index (χ3n) is 3.94. The van der Waals surface area contributed by atoms with Crippen LogP contribution < -0.4 is 9.47 Å². The molecule has 1 fully saturated rings. The molecule has 1 aromatic rings. The quantitative estimate of drug-likeness (QED) is 0.780. The third kappa shape index (κ3) is 3.88. The summed E-state index contributed by atoms with van der Waals surface area (Å²) in [5, 5.41) is 0. The fourth-order valence-corrected chi connectivity index (χ4v) is 2.57. The number of rotatable bonds is 5. The Morgan fingerprint density at radius 3 is 2.76 bits per heavy atom. The van der Waals surface area contributed by atoms with Crippen LogP contribution in [0.15, 0.2) is 18.2 Å². The van der Waals surface area contributed by atoms with E-state index in [2.05, 4.69) is 11.9 Å². The normalized spacial score (nSPS) is 19.1. The largest absolute Gasteiger partial charge is 0.493 e. The molecule has 0 saturated carbocycles. The molecule has 0 radical (unpaired) electrons. The van der Waals surface area contributed by atoms with Crippen LogP contribution in [0, 0.1) is 0 Å². The molecular weight excluding hydrogens is 270 g/mol. The lowest BCUT2D eigenvalue weighted by Crippen LogP contribution is -2.40. The summed E-state index contributed by atoms with van der Waals surface area (Å²) in [4.78, 5) is 13.9. The van der Waals surface area contributed by atoms with E-state index in [9.17, 15) is 4.79 Å². The number of likely N-dealkylation sites (N-methyl/N-ethyl adjacent to an activating group) is 1. The molecule has 21 heavy (non-hydrogen) atoms. The number of hydrogen-bond acceptors (Lipinski definition) is 5. The van der Waals surface area contributed by atoms with Crippen molar-refractivity contribution in [1.29, 1.82) is 0 Å². The van der Waals surface area contributed by atoms with Crippen LogP contribution in [-0.2, 0) is 4.74 Å². The summed E-state index contributed by atoms with van der Waals surface area (Å²) in [6.07, 6.45) is 3.61. The summed E-state index contributed by atoms with van der Waals surface area (Å²) in [5.41, 5.74) is 0.463. The van der Waals surface area contributed by atoms with E-state index in [0.717, 1.165) is 13.0 Å². The second-order valence-corrected chi connectivity index (χ2v) is 5.30. The highest BCUT2D eigenvalue weighted by Crippen LogP contribution is 2.29. The molecule has 1 aliphatic rings. The molecular formula is C16H23NO4. The first kappa shape index (κ1) is 15.6. The fraction of sp³-hybridized carbons (Fsp3) is 0.562. The number of carbonyl (C=O) groups excluding carboxylic acids is 1. The zero-order valence-corrected chi connectivity index (χ0v) is 12.9. The number of likely N-dealkylation sites (tertiary alicyclic amines) is 1. The van der Waals surface area contributed by atoms with Crippen molar-refractivity contribution >= 4 is 5.97 Å². The number of carbonyl (C=O) groups is 1. The maximum Gasteiger partial charge on any atom is 0.337 e. The molecule has 0 N–H and O–H groups in total. The smallest absolute Gasteiger partial charge is 0.337 e. The molecule has 1 heterocycles. The molecule has 1 aromatic carbocycles. The van der Waals surface area contributed by atoms with Crippen LogP contribution >= 0.6 is 0 Å². The Bertz CT molecular complexity index is 489. The number of esters is 1. The topological polar surface area (TPSA) is 48.0 Å². The summed E-state index contributed by atoms with van der Waals surface area (Å²) in [5.74, 6) is 0.831. The molecule has 0 aliphatic carbocycles. The van der Waals surface area contributed by atoms with Gasteiger partial charge >= 0.3 is 5.97 Å². The minimum Gasteiger partial charge on any atom is -0.493 e. The minimum atomic E-state index is -0.378. The Kier molecular flexibility index (Phi) is 5.44. The second kappa shape index (κ2) is 7.31. The number of ether oxygens (including phenoxy) is 3. The molecule has 116 valence electrons. The van der Waals surface area contributed by atoms with E-state index in [0.29, 0.717) is 29.7 Å². The van der Waals surface area contributed by atoms with Gasteiger partial charge in [-0.1, -0.05) is 6.42 Å². The van der Waals surface area contributed by atoms with Gasteiger partial charge in [0.05, 0.1) is 19.8 Å². The molecule has 1 saturated heterocycles. The van der Waals surface area contributed by atoms with Gasteiger partial charge in [0.25, 0.3) is 0 Å². The molecule has 5 heteroatoms. The molecule has 1 aliphatic heterocycles. The first-order valence-electron chi connectivity index (χ1n) is 7.25. The molecule has 0 bridgehead atoms. The zero-order chi connectivity index (χ0) is 15.2. The van der Waals surface area contributed by atoms with Gasteiger partial charge in [-0.15, -0.1) is 0 Å². The molecule has 1 unspecified atom stereocenters. The SMILES string of the molecule is COC(=O)c1ccc(OC)c(OCC2CCCCN2C)c1. The average Bonchev–Trinajstić information content (AvgIpc) is 2.53. The Morgan fingerprint density at radius 2 is 2.10 bits per heavy atom. The second-order valence-electron chi connectivity index (χ2n) is 5.30. The standard InChI is InChI=1S/C16H23NO4/c1-17-9-5-4-6-13(17)11-21-15-10-12(16(18)20-3)7-8-14(15)19-2/h7-8,10,13H,4-6,9,11H2,1-3H3. The van der Waals surface area contributed by atoms with E-state index in [1.165, 1.54) is 20.0 Å². The maximum absolute atomic E-state index is 11.6. The first-order valence-corrected chi connectivity index (χ1v) is 7.25. The third-order valence-corrected chi connectivity index (χ3v) is 3.94. The number of nitrogens with zero attached hydrogens (tertiary/aromatic N) is 1. The van der Waals surface area contributed by atoms with Gasteiger partial charge in [0, 0.05) is 6.04 Å². The minimum absolute atomic E-state index is 0.378. The maximum atomic E-state index is 11.6. The van der Waals surface area contributed by atoms with Crippen LogP contribution in [0.1, 0.15) is 29.6 Å². The lowest BCUT2D eigenvalue weighted by Gasteiger charge is -2.32. The van der Waals surface area contributed by atoms with E-state index < -0.39 is 0 Å². The predicted molar refractivity (Wildman–Crippen MR) is 80.1 cm³/mol. The monoisotopic (exact) mass is 293 g/mol. The number of benzene rings is 1. The van der Waals surface area contributed by atoms with Gasteiger partial charge in [0.2, 0.25) is 0 Å². The van der Waals surface area contributed by atoms with Crippen molar-refractivity contribution in [2.75, 3.05) is 34.4 Å². The molecule has 0 amide bonds. The van der Waals surface area contributed by atoms with Crippen LogP contribution in [0.3, 0.4) is 0 Å². The molecule has 2 rings (SSSR count). The van der Waals surface area contributed by atoms with E-state index in [1.807, 2.05) is 0 Å². The van der Waals surface area contributed by atoms with Crippen LogP contribution in [0.5, 0.6) is 11.5 Å². The Labute approximate surface area is 125 Å². The summed E-state index contributed by atoms with van der Waals surface area (Å²) in [7, 11) is 5.08. The van der Waals surface area contributed by atoms with Crippen LogP contribution in [0.25, 0.3) is 0 Å². The predicted octanol–water partition coefficient (Wildman–Crippen LogP) is 2.34. The van der Waals surface area contributed by atoms with Crippen molar-refractivity contribution in [1.82, 2.24) is 4.90 Å². The molecule has 1 atom stereocenters. The fourth-order valence-electron chi connectivity index (χ4n) is 2.57. The Balaban J connectivity index is 2.08. The van der Waals surface area contributed by atoms with Crippen molar-refractivity contribution in [2.24, 2.45) is 0 Å². The molecule has 0 aromatic heterocycles. The number of hydrogen-bond donors (Lipinski definition) is 0. The summed E-state index contributed by atoms with van der Waals surface area (Å²) in [6, 6.07) is 5.48. The van der Waals surface area contributed by atoms with Gasteiger partial charge in [0.15, 0.2) is 11.5 Å². The lowest BCUT2D eigenvalue weighted by molar-refractivity contribution is 0.0599.